The average molecular weight is 499 g/mol. The van der Waals surface area contributed by atoms with Crippen molar-refractivity contribution in [3.8, 4) is 11.5 Å². The minimum absolute atomic E-state index is 0.00756. The molecular formula is C27H42N6O3. The van der Waals surface area contributed by atoms with E-state index in [2.05, 4.69) is 22.0 Å². The molecule has 3 aliphatic rings. The summed E-state index contributed by atoms with van der Waals surface area (Å²) in [5.41, 5.74) is 0.856. The number of rotatable bonds is 6. The Morgan fingerprint density at radius 1 is 1.03 bits per heavy atom. The average Bonchev–Trinajstić information content (AvgIpc) is 3.68. The zero-order chi connectivity index (χ0) is 26.0. The Kier molecular flexibility index (Phi) is 8.20. The first-order valence-electron chi connectivity index (χ1n) is 13.5. The molecule has 1 aromatic carbocycles. The molecule has 198 valence electrons. The van der Waals surface area contributed by atoms with Crippen LogP contribution in [0.4, 0.5) is 0 Å². The highest BCUT2D eigenvalue weighted by molar-refractivity contribution is 6.40. The Bertz CT molecular complexity index is 976. The molecule has 2 aliphatic carbocycles. The molecule has 1 aliphatic heterocycles. The summed E-state index contributed by atoms with van der Waals surface area (Å²) in [5.74, 6) is -1.02. The molecule has 36 heavy (non-hydrogen) atoms. The van der Waals surface area contributed by atoms with E-state index in [4.69, 9.17) is 10.8 Å². The van der Waals surface area contributed by atoms with Gasteiger partial charge in [-0.1, -0.05) is 20.8 Å². The van der Waals surface area contributed by atoms with Gasteiger partial charge in [0.1, 0.15) is 17.3 Å². The Balaban J connectivity index is 1.53. The third-order valence-electron chi connectivity index (χ3n) is 8.03. The Morgan fingerprint density at radius 3 is 2.22 bits per heavy atom. The molecule has 3 fully saturated rings. The number of likely N-dealkylation sites (N-methyl/N-ethyl adjacent to an activating group) is 1. The van der Waals surface area contributed by atoms with Gasteiger partial charge >= 0.3 is 0 Å². The maximum Gasteiger partial charge on any atom is 0.286 e. The molecule has 0 aromatic heterocycles. The molecular weight excluding hydrogens is 456 g/mol. The quantitative estimate of drug-likeness (QED) is 0.303. The minimum Gasteiger partial charge on any atom is -0.508 e. The summed E-state index contributed by atoms with van der Waals surface area (Å²) in [6, 6.07) is 3.31. The molecule has 1 amide bonds. The van der Waals surface area contributed by atoms with Crippen LogP contribution in [0.15, 0.2) is 12.1 Å². The first-order chi connectivity index (χ1) is 17.2. The number of amides is 1. The van der Waals surface area contributed by atoms with Gasteiger partial charge in [-0.05, 0) is 62.6 Å². The zero-order valence-electron chi connectivity index (χ0n) is 21.9. The van der Waals surface area contributed by atoms with Crippen LogP contribution in [0.25, 0.3) is 0 Å². The number of hydrogen-bond donors (Lipinski definition) is 5. The monoisotopic (exact) mass is 498 g/mol. The van der Waals surface area contributed by atoms with Crippen molar-refractivity contribution >= 4 is 17.6 Å². The molecule has 0 spiro atoms. The predicted molar refractivity (Wildman–Crippen MR) is 141 cm³/mol. The maximum absolute atomic E-state index is 12.9. The van der Waals surface area contributed by atoms with Gasteiger partial charge in [0.25, 0.3) is 5.91 Å². The maximum atomic E-state index is 12.9. The van der Waals surface area contributed by atoms with Crippen molar-refractivity contribution in [2.45, 2.75) is 83.3 Å². The number of carbonyl (C=O) groups is 1. The first kappa shape index (κ1) is 26.4. The Morgan fingerprint density at radius 2 is 1.67 bits per heavy atom. The first-order valence-corrected chi connectivity index (χ1v) is 13.5. The third kappa shape index (κ3) is 5.83. The van der Waals surface area contributed by atoms with E-state index < -0.39 is 5.91 Å². The summed E-state index contributed by atoms with van der Waals surface area (Å²) in [4.78, 5) is 19.5. The van der Waals surface area contributed by atoms with Crippen LogP contribution in [0.1, 0.15) is 76.3 Å². The van der Waals surface area contributed by atoms with Crippen molar-refractivity contribution in [3.05, 3.63) is 23.3 Å². The number of nitrogens with zero attached hydrogens (tertiary/aromatic N) is 3. The van der Waals surface area contributed by atoms with E-state index in [1.54, 1.807) is 6.07 Å². The number of hydrogen-bond acceptors (Lipinski definition) is 7. The highest BCUT2D eigenvalue weighted by Gasteiger charge is 2.37. The summed E-state index contributed by atoms with van der Waals surface area (Å²) in [5, 5.41) is 41.6. The number of piperazine rings is 1. The molecule has 9 heteroatoms. The number of phenols is 2. The smallest absolute Gasteiger partial charge is 0.286 e. The van der Waals surface area contributed by atoms with Gasteiger partial charge < -0.3 is 25.3 Å². The molecule has 2 saturated carbocycles. The SMILES string of the molecule is CCN1CCN(C2CCC(N(C(=N)C(=O)NC3CC3)C(=N)c3cc(C(C)C)c(O)cc3O)CC2)CC1. The van der Waals surface area contributed by atoms with Crippen molar-refractivity contribution in [2.24, 2.45) is 0 Å². The second-order valence-electron chi connectivity index (χ2n) is 10.8. The van der Waals surface area contributed by atoms with Crippen molar-refractivity contribution in [1.29, 1.82) is 10.8 Å². The fraction of sp³-hybridized carbons (Fsp3) is 0.667. The molecule has 1 heterocycles. The second-order valence-corrected chi connectivity index (χ2v) is 10.8. The predicted octanol–water partition coefficient (Wildman–Crippen LogP) is 3.05. The summed E-state index contributed by atoms with van der Waals surface area (Å²) in [6.07, 6.45) is 5.30. The number of carbonyl (C=O) groups excluding carboxylic acids is 1. The Hall–Kier alpha value is -2.65. The highest BCUT2D eigenvalue weighted by Crippen LogP contribution is 2.35. The summed E-state index contributed by atoms with van der Waals surface area (Å²) in [6.45, 7) is 11.5. The van der Waals surface area contributed by atoms with Crippen LogP contribution in [0, 0.1) is 10.8 Å². The van der Waals surface area contributed by atoms with Gasteiger partial charge in [-0.3, -0.25) is 20.5 Å². The van der Waals surface area contributed by atoms with Crippen molar-refractivity contribution in [2.75, 3.05) is 32.7 Å². The molecule has 9 nitrogen and oxygen atoms in total. The van der Waals surface area contributed by atoms with Crippen LogP contribution in [-0.4, -0.2) is 93.3 Å². The van der Waals surface area contributed by atoms with E-state index >= 15 is 0 Å². The van der Waals surface area contributed by atoms with Crippen LogP contribution in [0.3, 0.4) is 0 Å². The normalized spacial score (nSPS) is 23.4. The fourth-order valence-electron chi connectivity index (χ4n) is 5.57. The molecule has 0 bridgehead atoms. The second kappa shape index (κ2) is 11.2. The largest absolute Gasteiger partial charge is 0.508 e. The molecule has 0 atom stereocenters. The zero-order valence-corrected chi connectivity index (χ0v) is 21.9. The van der Waals surface area contributed by atoms with Crippen LogP contribution in [-0.2, 0) is 4.79 Å². The topological polar surface area (TPSA) is 127 Å². The van der Waals surface area contributed by atoms with Gasteiger partial charge in [0.2, 0.25) is 0 Å². The molecule has 1 saturated heterocycles. The molecule has 5 N–H and O–H groups in total. The number of aromatic hydroxyl groups is 2. The summed E-state index contributed by atoms with van der Waals surface area (Å²) in [7, 11) is 0. The lowest BCUT2D eigenvalue weighted by molar-refractivity contribution is -0.115. The standard InChI is InChI=1S/C27H42N6O3/c1-4-31-11-13-32(14-12-31)19-7-9-20(10-8-19)33(26(29)27(36)30-18-5-6-18)25(28)22-15-21(17(2)3)23(34)16-24(22)35/h15-20,28-29,34-35H,4-14H2,1-3H3,(H,30,36). The number of nitrogens with one attached hydrogen (secondary N) is 3. The third-order valence-corrected chi connectivity index (χ3v) is 8.03. The lowest BCUT2D eigenvalue weighted by atomic mass is 9.88. The van der Waals surface area contributed by atoms with E-state index in [0.29, 0.717) is 11.6 Å². The summed E-state index contributed by atoms with van der Waals surface area (Å²) >= 11 is 0. The minimum atomic E-state index is -0.470. The van der Waals surface area contributed by atoms with Gasteiger partial charge in [-0.25, -0.2) is 0 Å². The molecule has 0 unspecified atom stereocenters. The van der Waals surface area contributed by atoms with Crippen molar-refractivity contribution in [3.63, 3.8) is 0 Å². The van der Waals surface area contributed by atoms with Gasteiger partial charge in [0.05, 0.1) is 5.56 Å². The van der Waals surface area contributed by atoms with E-state index in [1.807, 2.05) is 13.8 Å². The highest BCUT2D eigenvalue weighted by atomic mass is 16.3. The van der Waals surface area contributed by atoms with E-state index in [9.17, 15) is 15.0 Å². The number of benzene rings is 1. The molecule has 1 aromatic rings. The summed E-state index contributed by atoms with van der Waals surface area (Å²) < 4.78 is 0. The van der Waals surface area contributed by atoms with Crippen molar-refractivity contribution < 1.29 is 15.0 Å². The van der Waals surface area contributed by atoms with Crippen LogP contribution < -0.4 is 5.32 Å². The van der Waals surface area contributed by atoms with E-state index in [0.717, 1.165) is 71.2 Å². The fourth-order valence-corrected chi connectivity index (χ4v) is 5.57. The Labute approximate surface area is 214 Å². The van der Waals surface area contributed by atoms with Gasteiger partial charge in [-0.2, -0.15) is 0 Å². The lowest BCUT2D eigenvalue weighted by Crippen LogP contribution is -2.55. The van der Waals surface area contributed by atoms with Crippen molar-refractivity contribution in [1.82, 2.24) is 20.0 Å². The van der Waals surface area contributed by atoms with Gasteiger partial charge in [-0.15, -0.1) is 0 Å². The number of phenolic OH excluding ortho intramolecular Hbond substituents is 2. The van der Waals surface area contributed by atoms with Crippen LogP contribution >= 0.6 is 0 Å². The van der Waals surface area contributed by atoms with Crippen LogP contribution in [0.5, 0.6) is 11.5 Å². The molecule has 0 radical (unpaired) electrons. The van der Waals surface area contributed by atoms with E-state index in [-0.39, 0.29) is 46.7 Å². The van der Waals surface area contributed by atoms with E-state index in [1.165, 1.54) is 11.0 Å². The molecule has 4 rings (SSSR count). The number of amidine groups is 2. The lowest BCUT2D eigenvalue weighted by Gasteiger charge is -2.44. The van der Waals surface area contributed by atoms with Gasteiger partial charge in [0.15, 0.2) is 5.84 Å². The van der Waals surface area contributed by atoms with Crippen LogP contribution in [0.2, 0.25) is 0 Å². The van der Waals surface area contributed by atoms with Gasteiger partial charge in [0, 0.05) is 50.4 Å².